The van der Waals surface area contributed by atoms with Gasteiger partial charge in [0, 0.05) is 25.7 Å². The minimum absolute atomic E-state index is 0.793. The largest absolute Gasteiger partial charge is 0.311 e. The van der Waals surface area contributed by atoms with Crippen molar-refractivity contribution in [2.45, 2.75) is 25.3 Å². The van der Waals surface area contributed by atoms with Gasteiger partial charge in [-0.05, 0) is 19.4 Å². The molecule has 0 aromatic rings. The highest BCUT2D eigenvalue weighted by molar-refractivity contribution is 4.84. The van der Waals surface area contributed by atoms with Crippen molar-refractivity contribution in [1.29, 1.82) is 0 Å². The molecule has 0 spiro atoms. The molecule has 2 aliphatic rings. The summed E-state index contributed by atoms with van der Waals surface area (Å²) in [5.41, 5.74) is 0. The standard InChI is InChI=1S/C9H18N2/c1-11-5-4-10-9(7-11)6-8-2-3-8/h8-10H,2-7H2,1H3. The van der Waals surface area contributed by atoms with E-state index in [9.17, 15) is 0 Å². The van der Waals surface area contributed by atoms with Gasteiger partial charge in [-0.3, -0.25) is 0 Å². The van der Waals surface area contributed by atoms with Crippen LogP contribution < -0.4 is 5.32 Å². The summed E-state index contributed by atoms with van der Waals surface area (Å²) in [6.07, 6.45) is 4.40. The van der Waals surface area contributed by atoms with Crippen LogP contribution in [0.2, 0.25) is 0 Å². The second kappa shape index (κ2) is 3.11. The van der Waals surface area contributed by atoms with Gasteiger partial charge in [0.25, 0.3) is 0 Å². The lowest BCUT2D eigenvalue weighted by Gasteiger charge is -2.30. The number of nitrogens with one attached hydrogen (secondary N) is 1. The van der Waals surface area contributed by atoms with E-state index < -0.39 is 0 Å². The van der Waals surface area contributed by atoms with Crippen LogP contribution in [0.1, 0.15) is 19.3 Å². The highest BCUT2D eigenvalue weighted by Crippen LogP contribution is 2.33. The number of nitrogens with zero attached hydrogens (tertiary/aromatic N) is 1. The molecule has 1 aliphatic carbocycles. The van der Waals surface area contributed by atoms with Crippen LogP contribution in [0.15, 0.2) is 0 Å². The molecule has 1 atom stereocenters. The Morgan fingerprint density at radius 1 is 1.45 bits per heavy atom. The Labute approximate surface area is 69.0 Å². The molecule has 0 aromatic heterocycles. The van der Waals surface area contributed by atoms with Crippen LogP contribution in [-0.4, -0.2) is 37.6 Å². The van der Waals surface area contributed by atoms with Gasteiger partial charge in [0.05, 0.1) is 0 Å². The van der Waals surface area contributed by atoms with Gasteiger partial charge in [-0.1, -0.05) is 12.8 Å². The zero-order valence-electron chi connectivity index (χ0n) is 7.34. The Morgan fingerprint density at radius 3 is 2.91 bits per heavy atom. The SMILES string of the molecule is CN1CCNC(CC2CC2)C1. The summed E-state index contributed by atoms with van der Waals surface area (Å²) in [5.74, 6) is 1.07. The Morgan fingerprint density at radius 2 is 2.27 bits per heavy atom. The molecular weight excluding hydrogens is 136 g/mol. The van der Waals surface area contributed by atoms with E-state index in [-0.39, 0.29) is 0 Å². The average Bonchev–Trinajstić information content (AvgIpc) is 2.71. The summed E-state index contributed by atoms with van der Waals surface area (Å²) in [6.45, 7) is 3.67. The Hall–Kier alpha value is -0.0800. The molecule has 1 unspecified atom stereocenters. The van der Waals surface area contributed by atoms with Gasteiger partial charge in [0.1, 0.15) is 0 Å². The maximum Gasteiger partial charge on any atom is 0.0198 e. The van der Waals surface area contributed by atoms with E-state index in [0.29, 0.717) is 0 Å². The maximum atomic E-state index is 3.58. The lowest BCUT2D eigenvalue weighted by Crippen LogP contribution is -2.49. The third-order valence-electron chi connectivity index (χ3n) is 2.77. The van der Waals surface area contributed by atoms with Crippen LogP contribution in [0.4, 0.5) is 0 Å². The predicted octanol–water partition coefficient (Wildman–Crippen LogP) is 0.690. The van der Waals surface area contributed by atoms with Crippen molar-refractivity contribution in [2.75, 3.05) is 26.7 Å². The molecule has 0 bridgehead atoms. The summed E-state index contributed by atoms with van der Waals surface area (Å²) in [4.78, 5) is 2.43. The minimum atomic E-state index is 0.793. The molecule has 1 heterocycles. The van der Waals surface area contributed by atoms with Gasteiger partial charge in [-0.15, -0.1) is 0 Å². The molecule has 1 saturated carbocycles. The predicted molar refractivity (Wildman–Crippen MR) is 46.6 cm³/mol. The average molecular weight is 154 g/mol. The second-order valence-corrected chi connectivity index (χ2v) is 4.09. The molecular formula is C9H18N2. The molecule has 2 rings (SSSR count). The normalized spacial score (nSPS) is 34.1. The van der Waals surface area contributed by atoms with Crippen LogP contribution in [0.3, 0.4) is 0 Å². The Kier molecular flexibility index (Phi) is 2.14. The van der Waals surface area contributed by atoms with Crippen molar-refractivity contribution in [3.05, 3.63) is 0 Å². The number of piperazine rings is 1. The van der Waals surface area contributed by atoms with E-state index in [1.165, 1.54) is 38.9 Å². The molecule has 64 valence electrons. The summed E-state index contributed by atoms with van der Waals surface area (Å²) in [6, 6.07) is 0.793. The fourth-order valence-corrected chi connectivity index (χ4v) is 1.91. The highest BCUT2D eigenvalue weighted by Gasteiger charge is 2.27. The van der Waals surface area contributed by atoms with Crippen molar-refractivity contribution in [3.8, 4) is 0 Å². The second-order valence-electron chi connectivity index (χ2n) is 4.09. The van der Waals surface area contributed by atoms with Crippen LogP contribution >= 0.6 is 0 Å². The molecule has 11 heavy (non-hydrogen) atoms. The van der Waals surface area contributed by atoms with E-state index >= 15 is 0 Å². The molecule has 1 saturated heterocycles. The first-order chi connectivity index (χ1) is 5.34. The van der Waals surface area contributed by atoms with Crippen molar-refractivity contribution < 1.29 is 0 Å². The fourth-order valence-electron chi connectivity index (χ4n) is 1.91. The van der Waals surface area contributed by atoms with Crippen LogP contribution in [-0.2, 0) is 0 Å². The summed E-state index contributed by atoms with van der Waals surface area (Å²) in [7, 11) is 2.22. The first-order valence-electron chi connectivity index (χ1n) is 4.76. The molecule has 2 nitrogen and oxygen atoms in total. The maximum absolute atomic E-state index is 3.58. The van der Waals surface area contributed by atoms with E-state index in [1.54, 1.807) is 0 Å². The zero-order chi connectivity index (χ0) is 7.68. The first-order valence-corrected chi connectivity index (χ1v) is 4.76. The van der Waals surface area contributed by atoms with E-state index in [0.717, 1.165) is 12.0 Å². The monoisotopic (exact) mass is 154 g/mol. The molecule has 1 aliphatic heterocycles. The summed E-state index contributed by atoms with van der Waals surface area (Å²) < 4.78 is 0. The van der Waals surface area contributed by atoms with Crippen molar-refractivity contribution in [3.63, 3.8) is 0 Å². The van der Waals surface area contributed by atoms with Gasteiger partial charge in [0.15, 0.2) is 0 Å². The van der Waals surface area contributed by atoms with Crippen molar-refractivity contribution >= 4 is 0 Å². The highest BCUT2D eigenvalue weighted by atomic mass is 15.2. The van der Waals surface area contributed by atoms with E-state index in [4.69, 9.17) is 0 Å². The zero-order valence-corrected chi connectivity index (χ0v) is 7.34. The molecule has 2 heteroatoms. The van der Waals surface area contributed by atoms with Crippen molar-refractivity contribution in [2.24, 2.45) is 5.92 Å². The smallest absolute Gasteiger partial charge is 0.0198 e. The Bertz CT molecular complexity index is 130. The molecule has 0 radical (unpaired) electrons. The van der Waals surface area contributed by atoms with E-state index in [2.05, 4.69) is 17.3 Å². The van der Waals surface area contributed by atoms with Gasteiger partial charge in [0.2, 0.25) is 0 Å². The molecule has 1 N–H and O–H groups in total. The van der Waals surface area contributed by atoms with Crippen molar-refractivity contribution in [1.82, 2.24) is 10.2 Å². The lowest BCUT2D eigenvalue weighted by molar-refractivity contribution is 0.227. The van der Waals surface area contributed by atoms with Crippen LogP contribution in [0, 0.1) is 5.92 Å². The summed E-state index contributed by atoms with van der Waals surface area (Å²) in [5, 5.41) is 3.58. The third-order valence-corrected chi connectivity index (χ3v) is 2.77. The molecule has 0 amide bonds. The summed E-state index contributed by atoms with van der Waals surface area (Å²) >= 11 is 0. The lowest BCUT2D eigenvalue weighted by atomic mass is 10.1. The fraction of sp³-hybridized carbons (Fsp3) is 1.00. The Balaban J connectivity index is 1.73. The van der Waals surface area contributed by atoms with Gasteiger partial charge in [-0.25, -0.2) is 0 Å². The molecule has 0 aromatic carbocycles. The minimum Gasteiger partial charge on any atom is -0.311 e. The number of hydrogen-bond donors (Lipinski definition) is 1. The number of rotatable bonds is 2. The topological polar surface area (TPSA) is 15.3 Å². The first kappa shape index (κ1) is 7.56. The van der Waals surface area contributed by atoms with Crippen LogP contribution in [0.5, 0.6) is 0 Å². The third kappa shape index (κ3) is 2.17. The van der Waals surface area contributed by atoms with Gasteiger partial charge < -0.3 is 10.2 Å². The number of likely N-dealkylation sites (N-methyl/N-ethyl adjacent to an activating group) is 1. The molecule has 2 fully saturated rings. The quantitative estimate of drug-likeness (QED) is 0.629. The van der Waals surface area contributed by atoms with Crippen LogP contribution in [0.25, 0.3) is 0 Å². The number of hydrogen-bond acceptors (Lipinski definition) is 2. The van der Waals surface area contributed by atoms with Gasteiger partial charge in [-0.2, -0.15) is 0 Å². The van der Waals surface area contributed by atoms with E-state index in [1.807, 2.05) is 0 Å². The van der Waals surface area contributed by atoms with Gasteiger partial charge >= 0.3 is 0 Å².